The number of carbonyl (C=O) groups is 1. The Morgan fingerprint density at radius 3 is 2.72 bits per heavy atom. The fourth-order valence-corrected chi connectivity index (χ4v) is 4.08. The van der Waals surface area contributed by atoms with Gasteiger partial charge in [0.25, 0.3) is 0 Å². The van der Waals surface area contributed by atoms with E-state index >= 15 is 0 Å². The van der Waals surface area contributed by atoms with Gasteiger partial charge in [-0.25, -0.2) is 0 Å². The minimum absolute atomic E-state index is 0.0626. The van der Waals surface area contributed by atoms with Gasteiger partial charge in [0.05, 0.1) is 6.04 Å². The van der Waals surface area contributed by atoms with Crippen molar-refractivity contribution in [2.75, 3.05) is 5.88 Å². The Bertz CT molecular complexity index is 773. The third kappa shape index (κ3) is 3.38. The molecule has 0 fully saturated rings. The van der Waals surface area contributed by atoms with Gasteiger partial charge in [0.1, 0.15) is 11.6 Å². The van der Waals surface area contributed by atoms with E-state index in [0.717, 1.165) is 36.0 Å². The second-order valence-corrected chi connectivity index (χ2v) is 6.95. The maximum absolute atomic E-state index is 11.7. The number of aryl methyl sites for hydroxylation is 1. The van der Waals surface area contributed by atoms with E-state index in [1.165, 1.54) is 11.1 Å². The zero-order valence-electron chi connectivity index (χ0n) is 14.7. The molecular formula is C21H24ClNO2. The molecule has 1 amide bonds. The smallest absolute Gasteiger partial charge is 0.235 e. The largest absolute Gasteiger partial charge is 0.507 e. The maximum Gasteiger partial charge on any atom is 0.235 e. The molecule has 0 radical (unpaired) electrons. The summed E-state index contributed by atoms with van der Waals surface area (Å²) in [7, 11) is 0. The summed E-state index contributed by atoms with van der Waals surface area (Å²) in [5.74, 6) is 0.202. The zero-order valence-corrected chi connectivity index (χ0v) is 15.4. The highest BCUT2D eigenvalue weighted by atomic mass is 35.5. The van der Waals surface area contributed by atoms with Crippen LogP contribution in [0.4, 0.5) is 0 Å². The monoisotopic (exact) mass is 357 g/mol. The predicted octanol–water partition coefficient (Wildman–Crippen LogP) is 4.58. The highest BCUT2D eigenvalue weighted by Crippen LogP contribution is 2.45. The van der Waals surface area contributed by atoms with Crippen LogP contribution in [0.3, 0.4) is 0 Å². The van der Waals surface area contributed by atoms with Crippen LogP contribution >= 0.6 is 11.6 Å². The quantitative estimate of drug-likeness (QED) is 0.769. The minimum atomic E-state index is -0.197. The summed E-state index contributed by atoms with van der Waals surface area (Å²) >= 11 is 5.64. The van der Waals surface area contributed by atoms with Crippen LogP contribution in [0.15, 0.2) is 36.4 Å². The molecule has 0 spiro atoms. The SMILES string of the molecule is CCC(c1ccccc1)c1cc(C)c2c(c1O)C(NC(=O)CCl)CC2. The topological polar surface area (TPSA) is 49.3 Å². The van der Waals surface area contributed by atoms with E-state index in [4.69, 9.17) is 11.6 Å². The normalized spacial score (nSPS) is 17.2. The van der Waals surface area contributed by atoms with Crippen molar-refractivity contribution in [3.63, 3.8) is 0 Å². The van der Waals surface area contributed by atoms with Crippen molar-refractivity contribution in [1.29, 1.82) is 0 Å². The van der Waals surface area contributed by atoms with E-state index in [0.29, 0.717) is 5.75 Å². The van der Waals surface area contributed by atoms with Crippen molar-refractivity contribution in [2.45, 2.75) is 45.1 Å². The van der Waals surface area contributed by atoms with Gasteiger partial charge in [0.2, 0.25) is 5.91 Å². The van der Waals surface area contributed by atoms with Gasteiger partial charge in [0, 0.05) is 17.0 Å². The Balaban J connectivity index is 2.06. The lowest BCUT2D eigenvalue weighted by atomic mass is 9.85. The number of aromatic hydroxyl groups is 1. The lowest BCUT2D eigenvalue weighted by molar-refractivity contribution is -0.119. The average molecular weight is 358 g/mol. The number of phenolic OH excluding ortho intramolecular Hbond substituents is 1. The Kier molecular flexibility index (Phi) is 5.33. The molecule has 0 aliphatic heterocycles. The van der Waals surface area contributed by atoms with Crippen LogP contribution in [0.5, 0.6) is 5.75 Å². The average Bonchev–Trinajstić information content (AvgIpc) is 3.05. The number of hydrogen-bond donors (Lipinski definition) is 2. The Hall–Kier alpha value is -2.00. The minimum Gasteiger partial charge on any atom is -0.507 e. The van der Waals surface area contributed by atoms with E-state index in [1.807, 2.05) is 18.2 Å². The summed E-state index contributed by atoms with van der Waals surface area (Å²) in [6.45, 7) is 4.22. The van der Waals surface area contributed by atoms with Gasteiger partial charge in [-0.1, -0.05) is 43.3 Å². The summed E-state index contributed by atoms with van der Waals surface area (Å²) in [6.07, 6.45) is 2.57. The summed E-state index contributed by atoms with van der Waals surface area (Å²) in [5, 5.41) is 14.0. The van der Waals surface area contributed by atoms with Crippen LogP contribution in [-0.4, -0.2) is 16.9 Å². The highest BCUT2D eigenvalue weighted by Gasteiger charge is 2.31. The first-order valence-corrected chi connectivity index (χ1v) is 9.35. The summed E-state index contributed by atoms with van der Waals surface area (Å²) in [4.78, 5) is 11.7. The fourth-order valence-electron chi connectivity index (χ4n) is 4.00. The first kappa shape index (κ1) is 17.8. The third-order valence-corrected chi connectivity index (χ3v) is 5.42. The molecule has 2 aromatic rings. The van der Waals surface area contributed by atoms with Crippen LogP contribution < -0.4 is 5.32 Å². The fraction of sp³-hybridized carbons (Fsp3) is 0.381. The van der Waals surface area contributed by atoms with Crippen LogP contribution in [-0.2, 0) is 11.2 Å². The molecular weight excluding hydrogens is 334 g/mol. The van der Waals surface area contributed by atoms with E-state index < -0.39 is 0 Å². The third-order valence-electron chi connectivity index (χ3n) is 5.18. The number of hydrogen-bond acceptors (Lipinski definition) is 2. The molecule has 3 rings (SSSR count). The number of rotatable bonds is 5. The van der Waals surface area contributed by atoms with Crippen LogP contribution in [0.2, 0.25) is 0 Å². The maximum atomic E-state index is 11.7. The van der Waals surface area contributed by atoms with E-state index in [9.17, 15) is 9.90 Å². The number of alkyl halides is 1. The van der Waals surface area contributed by atoms with Gasteiger partial charge in [-0.3, -0.25) is 4.79 Å². The first-order chi connectivity index (χ1) is 12.1. The molecule has 0 aromatic heterocycles. The molecule has 25 heavy (non-hydrogen) atoms. The van der Waals surface area contributed by atoms with Gasteiger partial charge in [-0.05, 0) is 42.9 Å². The van der Waals surface area contributed by atoms with E-state index in [2.05, 4.69) is 37.4 Å². The number of phenols is 1. The second kappa shape index (κ2) is 7.49. The van der Waals surface area contributed by atoms with Crippen molar-refractivity contribution in [3.05, 3.63) is 64.2 Å². The second-order valence-electron chi connectivity index (χ2n) is 6.69. The molecule has 0 saturated heterocycles. The van der Waals surface area contributed by atoms with Crippen molar-refractivity contribution in [3.8, 4) is 5.75 Å². The molecule has 0 saturated carbocycles. The van der Waals surface area contributed by atoms with Gasteiger partial charge >= 0.3 is 0 Å². The lowest BCUT2D eigenvalue weighted by Gasteiger charge is -2.23. The summed E-state index contributed by atoms with van der Waals surface area (Å²) in [5.41, 5.74) is 5.35. The Labute approximate surface area is 154 Å². The molecule has 1 aliphatic rings. The van der Waals surface area contributed by atoms with Gasteiger partial charge < -0.3 is 10.4 Å². The van der Waals surface area contributed by atoms with Crippen LogP contribution in [0.25, 0.3) is 0 Å². The van der Waals surface area contributed by atoms with Gasteiger partial charge in [0.15, 0.2) is 0 Å². The summed E-state index contributed by atoms with van der Waals surface area (Å²) < 4.78 is 0. The standard InChI is InChI=1S/C21H24ClNO2/c1-3-15(14-7-5-4-6-8-14)17-11-13(2)16-9-10-18(20(16)21(17)25)23-19(24)12-22/h4-8,11,15,18,25H,3,9-10,12H2,1-2H3,(H,23,24). The van der Waals surface area contributed by atoms with Gasteiger partial charge in [-0.2, -0.15) is 0 Å². The van der Waals surface area contributed by atoms with Crippen molar-refractivity contribution in [2.24, 2.45) is 0 Å². The van der Waals surface area contributed by atoms with Gasteiger partial charge in [-0.15, -0.1) is 11.6 Å². The van der Waals surface area contributed by atoms with Crippen molar-refractivity contribution >= 4 is 17.5 Å². The number of carbonyl (C=O) groups excluding carboxylic acids is 1. The zero-order chi connectivity index (χ0) is 18.0. The number of halogens is 1. The Morgan fingerprint density at radius 1 is 1.36 bits per heavy atom. The molecule has 3 nitrogen and oxygen atoms in total. The first-order valence-electron chi connectivity index (χ1n) is 8.82. The molecule has 0 heterocycles. The molecule has 2 atom stereocenters. The molecule has 132 valence electrons. The number of amides is 1. The Morgan fingerprint density at radius 2 is 2.08 bits per heavy atom. The molecule has 2 N–H and O–H groups in total. The highest BCUT2D eigenvalue weighted by molar-refractivity contribution is 6.27. The molecule has 2 aromatic carbocycles. The van der Waals surface area contributed by atoms with Crippen molar-refractivity contribution < 1.29 is 9.90 Å². The number of fused-ring (bicyclic) bond motifs is 1. The number of benzene rings is 2. The molecule has 4 heteroatoms. The molecule has 0 bridgehead atoms. The van der Waals surface area contributed by atoms with Crippen LogP contribution in [0, 0.1) is 6.92 Å². The lowest BCUT2D eigenvalue weighted by Crippen LogP contribution is -2.28. The predicted molar refractivity (Wildman–Crippen MR) is 101 cm³/mol. The van der Waals surface area contributed by atoms with E-state index in [-0.39, 0.29) is 23.7 Å². The number of nitrogens with one attached hydrogen (secondary N) is 1. The van der Waals surface area contributed by atoms with Crippen LogP contribution in [0.1, 0.15) is 59.5 Å². The summed E-state index contributed by atoms with van der Waals surface area (Å²) in [6, 6.07) is 12.2. The van der Waals surface area contributed by atoms with E-state index in [1.54, 1.807) is 0 Å². The molecule has 1 aliphatic carbocycles. The molecule has 2 unspecified atom stereocenters. The van der Waals surface area contributed by atoms with Crippen molar-refractivity contribution in [1.82, 2.24) is 5.32 Å².